The number of nitrogens with two attached hydrogens (primary N) is 1. The SMILES string of the molecule is Cc1cc(CN2CCCC2)cc(-c2cccc(C(=O)N[C@@H](C)C(N)=O)c2)c1. The third-order valence-electron chi connectivity index (χ3n) is 4.97. The molecule has 0 bridgehead atoms. The van der Waals surface area contributed by atoms with Gasteiger partial charge in [0.25, 0.3) is 5.91 Å². The van der Waals surface area contributed by atoms with Gasteiger partial charge in [-0.1, -0.05) is 29.8 Å². The van der Waals surface area contributed by atoms with Crippen molar-refractivity contribution in [3.63, 3.8) is 0 Å². The van der Waals surface area contributed by atoms with Crippen LogP contribution in [0, 0.1) is 6.92 Å². The molecule has 0 spiro atoms. The largest absolute Gasteiger partial charge is 0.368 e. The zero-order chi connectivity index (χ0) is 19.4. The Morgan fingerprint density at radius 1 is 1.11 bits per heavy atom. The van der Waals surface area contributed by atoms with Gasteiger partial charge in [0.2, 0.25) is 5.91 Å². The van der Waals surface area contributed by atoms with Crippen molar-refractivity contribution in [1.29, 1.82) is 0 Å². The molecule has 1 saturated heterocycles. The molecule has 1 aliphatic rings. The van der Waals surface area contributed by atoms with E-state index in [1.165, 1.54) is 24.0 Å². The van der Waals surface area contributed by atoms with Crippen LogP contribution in [0.2, 0.25) is 0 Å². The van der Waals surface area contributed by atoms with Gasteiger partial charge < -0.3 is 11.1 Å². The average molecular weight is 365 g/mol. The zero-order valence-corrected chi connectivity index (χ0v) is 16.0. The minimum atomic E-state index is -0.702. The maximum Gasteiger partial charge on any atom is 0.251 e. The van der Waals surface area contributed by atoms with Gasteiger partial charge in [0, 0.05) is 12.1 Å². The van der Waals surface area contributed by atoms with Crippen molar-refractivity contribution >= 4 is 11.8 Å². The minimum Gasteiger partial charge on any atom is -0.368 e. The summed E-state index contributed by atoms with van der Waals surface area (Å²) in [5, 5.41) is 2.63. The van der Waals surface area contributed by atoms with Crippen LogP contribution in [-0.4, -0.2) is 35.8 Å². The number of carbonyl (C=O) groups is 2. The number of nitrogens with one attached hydrogen (secondary N) is 1. The van der Waals surface area contributed by atoms with Crippen LogP contribution < -0.4 is 11.1 Å². The van der Waals surface area contributed by atoms with Gasteiger partial charge in [0.15, 0.2) is 0 Å². The smallest absolute Gasteiger partial charge is 0.251 e. The number of hydrogen-bond donors (Lipinski definition) is 2. The fraction of sp³-hybridized carbons (Fsp3) is 0.364. The van der Waals surface area contributed by atoms with E-state index >= 15 is 0 Å². The Kier molecular flexibility index (Phi) is 5.91. The van der Waals surface area contributed by atoms with Gasteiger partial charge in [-0.2, -0.15) is 0 Å². The van der Waals surface area contributed by atoms with Gasteiger partial charge in [-0.25, -0.2) is 0 Å². The lowest BCUT2D eigenvalue weighted by Crippen LogP contribution is -2.42. The highest BCUT2D eigenvalue weighted by Gasteiger charge is 2.15. The standard InChI is InChI=1S/C22H27N3O2/c1-15-10-17(14-25-8-3-4-9-25)12-20(11-15)18-6-5-7-19(13-18)22(27)24-16(2)21(23)26/h5-7,10-13,16H,3-4,8-9,14H2,1-2H3,(H2,23,26)(H,24,27)/t16-/m0/s1. The molecule has 3 rings (SSSR count). The molecule has 0 radical (unpaired) electrons. The Balaban J connectivity index is 1.82. The van der Waals surface area contributed by atoms with E-state index in [0.717, 1.165) is 30.8 Å². The van der Waals surface area contributed by atoms with E-state index in [9.17, 15) is 9.59 Å². The van der Waals surface area contributed by atoms with E-state index in [1.807, 2.05) is 18.2 Å². The van der Waals surface area contributed by atoms with E-state index in [2.05, 4.69) is 35.3 Å². The molecule has 142 valence electrons. The molecular weight excluding hydrogens is 338 g/mol. The molecule has 0 aromatic heterocycles. The first kappa shape index (κ1) is 19.1. The van der Waals surface area contributed by atoms with Crippen LogP contribution in [0.5, 0.6) is 0 Å². The summed E-state index contributed by atoms with van der Waals surface area (Å²) < 4.78 is 0. The highest BCUT2D eigenvalue weighted by molar-refractivity contribution is 5.98. The van der Waals surface area contributed by atoms with Gasteiger partial charge in [0.1, 0.15) is 6.04 Å². The third-order valence-corrected chi connectivity index (χ3v) is 4.97. The Morgan fingerprint density at radius 3 is 2.56 bits per heavy atom. The first-order valence-corrected chi connectivity index (χ1v) is 9.46. The molecule has 5 nitrogen and oxygen atoms in total. The molecule has 3 N–H and O–H groups in total. The number of benzene rings is 2. The van der Waals surface area contributed by atoms with E-state index < -0.39 is 11.9 Å². The zero-order valence-electron chi connectivity index (χ0n) is 16.0. The summed E-state index contributed by atoms with van der Waals surface area (Å²) in [6.45, 7) is 6.97. The van der Waals surface area contributed by atoms with Gasteiger partial charge in [-0.3, -0.25) is 14.5 Å². The van der Waals surface area contributed by atoms with E-state index in [4.69, 9.17) is 5.73 Å². The van der Waals surface area contributed by atoms with Crippen molar-refractivity contribution in [2.75, 3.05) is 13.1 Å². The highest BCUT2D eigenvalue weighted by Crippen LogP contribution is 2.25. The molecule has 0 aliphatic carbocycles. The van der Waals surface area contributed by atoms with E-state index in [0.29, 0.717) is 5.56 Å². The number of amides is 2. The lowest BCUT2D eigenvalue weighted by molar-refractivity contribution is -0.119. The molecule has 5 heteroatoms. The fourth-order valence-corrected chi connectivity index (χ4v) is 3.51. The van der Waals surface area contributed by atoms with Crippen molar-refractivity contribution < 1.29 is 9.59 Å². The summed E-state index contributed by atoms with van der Waals surface area (Å²) >= 11 is 0. The topological polar surface area (TPSA) is 75.4 Å². The van der Waals surface area contributed by atoms with E-state index in [1.54, 1.807) is 13.0 Å². The van der Waals surface area contributed by atoms with Crippen molar-refractivity contribution in [3.05, 3.63) is 59.2 Å². The first-order chi connectivity index (χ1) is 12.9. The second-order valence-corrected chi connectivity index (χ2v) is 7.37. The summed E-state index contributed by atoms with van der Waals surface area (Å²) in [4.78, 5) is 26.0. The fourth-order valence-electron chi connectivity index (χ4n) is 3.51. The first-order valence-electron chi connectivity index (χ1n) is 9.46. The number of nitrogens with zero attached hydrogens (tertiary/aromatic N) is 1. The number of hydrogen-bond acceptors (Lipinski definition) is 3. The number of likely N-dealkylation sites (tertiary alicyclic amines) is 1. The Morgan fingerprint density at radius 2 is 1.85 bits per heavy atom. The second-order valence-electron chi connectivity index (χ2n) is 7.37. The molecule has 2 amide bonds. The lowest BCUT2D eigenvalue weighted by Gasteiger charge is -2.16. The van der Waals surface area contributed by atoms with Crippen LogP contribution >= 0.6 is 0 Å². The van der Waals surface area contributed by atoms with Gasteiger partial charge in [0.05, 0.1) is 0 Å². The highest BCUT2D eigenvalue weighted by atomic mass is 16.2. The maximum absolute atomic E-state index is 12.4. The summed E-state index contributed by atoms with van der Waals surface area (Å²) in [7, 11) is 0. The van der Waals surface area contributed by atoms with Crippen LogP contribution in [0.3, 0.4) is 0 Å². The lowest BCUT2D eigenvalue weighted by atomic mass is 9.98. The summed E-state index contributed by atoms with van der Waals surface area (Å²) in [5.41, 5.74) is 10.3. The van der Waals surface area contributed by atoms with Gasteiger partial charge >= 0.3 is 0 Å². The molecule has 0 saturated carbocycles. The molecular formula is C22H27N3O2. The number of primary amides is 1. The molecule has 0 unspecified atom stereocenters. The van der Waals surface area contributed by atoms with Gasteiger partial charge in [-0.05, 0) is 74.7 Å². The number of carbonyl (C=O) groups excluding carboxylic acids is 2. The quantitative estimate of drug-likeness (QED) is 0.826. The molecule has 2 aromatic rings. The Bertz CT molecular complexity index is 841. The van der Waals surface area contributed by atoms with Crippen molar-refractivity contribution in [1.82, 2.24) is 10.2 Å². The molecule has 1 aliphatic heterocycles. The van der Waals surface area contributed by atoms with Crippen LogP contribution in [-0.2, 0) is 11.3 Å². The summed E-state index contributed by atoms with van der Waals surface area (Å²) in [5.74, 6) is -0.849. The predicted octanol–water partition coefficient (Wildman–Crippen LogP) is 2.86. The van der Waals surface area contributed by atoms with Crippen LogP contribution in [0.15, 0.2) is 42.5 Å². The van der Waals surface area contributed by atoms with Crippen LogP contribution in [0.4, 0.5) is 0 Å². The Hall–Kier alpha value is -2.66. The van der Waals surface area contributed by atoms with Crippen molar-refractivity contribution in [2.45, 2.75) is 39.3 Å². The molecule has 27 heavy (non-hydrogen) atoms. The van der Waals surface area contributed by atoms with E-state index in [-0.39, 0.29) is 5.91 Å². The number of aryl methyl sites for hydroxylation is 1. The summed E-state index contributed by atoms with van der Waals surface area (Å²) in [6, 6.07) is 13.3. The van der Waals surface area contributed by atoms with Crippen LogP contribution in [0.1, 0.15) is 41.3 Å². The maximum atomic E-state index is 12.4. The van der Waals surface area contributed by atoms with Crippen molar-refractivity contribution in [2.24, 2.45) is 5.73 Å². The van der Waals surface area contributed by atoms with Crippen molar-refractivity contribution in [3.8, 4) is 11.1 Å². The molecule has 1 fully saturated rings. The average Bonchev–Trinajstić information content (AvgIpc) is 3.14. The Labute approximate surface area is 160 Å². The molecule has 1 heterocycles. The summed E-state index contributed by atoms with van der Waals surface area (Å²) in [6.07, 6.45) is 2.55. The molecule has 1 atom stereocenters. The predicted molar refractivity (Wildman–Crippen MR) is 107 cm³/mol. The van der Waals surface area contributed by atoms with Crippen LogP contribution in [0.25, 0.3) is 11.1 Å². The number of rotatable bonds is 6. The molecule has 2 aromatic carbocycles. The third kappa shape index (κ3) is 4.95. The minimum absolute atomic E-state index is 0.298. The van der Waals surface area contributed by atoms with Gasteiger partial charge in [-0.15, -0.1) is 0 Å². The second kappa shape index (κ2) is 8.35. The normalized spacial score (nSPS) is 15.5. The monoisotopic (exact) mass is 365 g/mol.